The zero-order chi connectivity index (χ0) is 11.0. The number of hydrogen-bond donors (Lipinski definition) is 3. The van der Waals surface area contributed by atoms with Gasteiger partial charge in [0.2, 0.25) is 0 Å². The van der Waals surface area contributed by atoms with Gasteiger partial charge in [-0.1, -0.05) is 12.1 Å². The smallest absolute Gasteiger partial charge is 0.143 e. The number of aromatic hydroxyl groups is 1. The Balaban J connectivity index is 2.06. The first kappa shape index (κ1) is 9.66. The van der Waals surface area contributed by atoms with Crippen molar-refractivity contribution in [2.45, 2.75) is 18.8 Å². The summed E-state index contributed by atoms with van der Waals surface area (Å²) in [5, 5.41) is 21.4. The Bertz CT molecular complexity index is 500. The third-order valence-electron chi connectivity index (χ3n) is 3.34. The fourth-order valence-corrected chi connectivity index (χ4v) is 2.46. The van der Waals surface area contributed by atoms with Crippen LogP contribution < -0.4 is 5.32 Å². The number of para-hydroxylation sites is 1. The minimum Gasteiger partial charge on any atom is -0.506 e. The lowest BCUT2D eigenvalue weighted by molar-refractivity contribution is 0.454. The number of H-pyrrole nitrogens is 1. The van der Waals surface area contributed by atoms with Crippen LogP contribution in [0.5, 0.6) is 5.75 Å². The maximum atomic E-state index is 9.69. The summed E-state index contributed by atoms with van der Waals surface area (Å²) in [4.78, 5) is 0. The van der Waals surface area contributed by atoms with Gasteiger partial charge in [-0.25, -0.2) is 0 Å². The normalized spacial score (nSPS) is 18.0. The second-order valence-corrected chi connectivity index (χ2v) is 4.33. The Labute approximate surface area is 93.7 Å². The van der Waals surface area contributed by atoms with Crippen molar-refractivity contribution in [3.05, 3.63) is 23.9 Å². The van der Waals surface area contributed by atoms with Gasteiger partial charge in [-0.2, -0.15) is 5.10 Å². The van der Waals surface area contributed by atoms with E-state index < -0.39 is 0 Å². The average molecular weight is 217 g/mol. The number of piperidine rings is 1. The van der Waals surface area contributed by atoms with Crippen molar-refractivity contribution in [1.29, 1.82) is 0 Å². The number of nitrogens with one attached hydrogen (secondary N) is 2. The minimum atomic E-state index is 0.258. The predicted molar refractivity (Wildman–Crippen MR) is 62.6 cm³/mol. The SMILES string of the molecule is Oc1cccc2c(C3CCNCC3)[nH]nc12. The van der Waals surface area contributed by atoms with Crippen LogP contribution in [0, 0.1) is 0 Å². The Morgan fingerprint density at radius 2 is 2.06 bits per heavy atom. The van der Waals surface area contributed by atoms with Crippen LogP contribution in [0.1, 0.15) is 24.5 Å². The minimum absolute atomic E-state index is 0.258. The highest BCUT2D eigenvalue weighted by atomic mass is 16.3. The molecule has 0 spiro atoms. The Kier molecular flexibility index (Phi) is 2.29. The van der Waals surface area contributed by atoms with Crippen LogP contribution in [-0.4, -0.2) is 28.4 Å². The molecule has 1 aromatic carbocycles. The summed E-state index contributed by atoms with van der Waals surface area (Å²) >= 11 is 0. The van der Waals surface area contributed by atoms with E-state index in [1.165, 1.54) is 5.69 Å². The first-order valence-corrected chi connectivity index (χ1v) is 5.73. The third kappa shape index (κ3) is 1.46. The fraction of sp³-hybridized carbons (Fsp3) is 0.417. The maximum Gasteiger partial charge on any atom is 0.143 e. The number of aromatic amines is 1. The molecular formula is C12H15N3O. The van der Waals surface area contributed by atoms with E-state index in [0.717, 1.165) is 31.3 Å². The maximum absolute atomic E-state index is 9.69. The monoisotopic (exact) mass is 217 g/mol. The quantitative estimate of drug-likeness (QED) is 0.681. The van der Waals surface area contributed by atoms with Crippen molar-refractivity contribution >= 4 is 10.9 Å². The zero-order valence-corrected chi connectivity index (χ0v) is 9.03. The Morgan fingerprint density at radius 1 is 1.25 bits per heavy atom. The number of rotatable bonds is 1. The molecule has 4 nitrogen and oxygen atoms in total. The highest BCUT2D eigenvalue weighted by Crippen LogP contribution is 2.32. The highest BCUT2D eigenvalue weighted by Gasteiger charge is 2.20. The van der Waals surface area contributed by atoms with Gasteiger partial charge in [0.25, 0.3) is 0 Å². The molecule has 1 aliphatic rings. The van der Waals surface area contributed by atoms with E-state index in [-0.39, 0.29) is 5.75 Å². The lowest BCUT2D eigenvalue weighted by Gasteiger charge is -2.21. The Morgan fingerprint density at radius 3 is 2.88 bits per heavy atom. The van der Waals surface area contributed by atoms with E-state index in [2.05, 4.69) is 15.5 Å². The lowest BCUT2D eigenvalue weighted by Crippen LogP contribution is -2.26. The molecule has 1 aromatic heterocycles. The van der Waals surface area contributed by atoms with Crippen molar-refractivity contribution in [2.75, 3.05) is 13.1 Å². The van der Waals surface area contributed by atoms with Gasteiger partial charge in [0.15, 0.2) is 0 Å². The van der Waals surface area contributed by atoms with Crippen LogP contribution >= 0.6 is 0 Å². The van der Waals surface area contributed by atoms with Gasteiger partial charge in [-0.15, -0.1) is 0 Å². The third-order valence-corrected chi connectivity index (χ3v) is 3.34. The topological polar surface area (TPSA) is 60.9 Å². The van der Waals surface area contributed by atoms with Crippen molar-refractivity contribution in [3.8, 4) is 5.75 Å². The summed E-state index contributed by atoms with van der Waals surface area (Å²) in [6, 6.07) is 5.57. The molecule has 4 heteroatoms. The average Bonchev–Trinajstić information content (AvgIpc) is 2.75. The molecule has 84 valence electrons. The molecule has 0 bridgehead atoms. The van der Waals surface area contributed by atoms with E-state index in [1.807, 2.05) is 12.1 Å². The van der Waals surface area contributed by atoms with Crippen molar-refractivity contribution in [2.24, 2.45) is 0 Å². The van der Waals surface area contributed by atoms with Gasteiger partial charge in [-0.05, 0) is 32.0 Å². The van der Waals surface area contributed by atoms with Gasteiger partial charge >= 0.3 is 0 Å². The molecule has 0 atom stereocenters. The zero-order valence-electron chi connectivity index (χ0n) is 9.03. The second-order valence-electron chi connectivity index (χ2n) is 4.33. The molecule has 2 heterocycles. The second kappa shape index (κ2) is 3.79. The number of nitrogens with zero attached hydrogens (tertiary/aromatic N) is 1. The number of hydrogen-bond acceptors (Lipinski definition) is 3. The summed E-state index contributed by atoms with van der Waals surface area (Å²) in [5.74, 6) is 0.794. The summed E-state index contributed by atoms with van der Waals surface area (Å²) in [5.41, 5.74) is 1.86. The molecule has 3 N–H and O–H groups in total. The standard InChI is InChI=1S/C12H15N3O/c16-10-3-1-2-9-11(14-15-12(9)10)8-4-6-13-7-5-8/h1-3,8,13,16H,4-7H2,(H,14,15). The molecular weight excluding hydrogens is 202 g/mol. The first-order valence-electron chi connectivity index (χ1n) is 5.73. The Hall–Kier alpha value is -1.55. The molecule has 0 aliphatic carbocycles. The van der Waals surface area contributed by atoms with E-state index in [1.54, 1.807) is 6.07 Å². The number of aromatic nitrogens is 2. The van der Waals surface area contributed by atoms with Crippen LogP contribution in [-0.2, 0) is 0 Å². The van der Waals surface area contributed by atoms with Crippen LogP contribution in [0.4, 0.5) is 0 Å². The van der Waals surface area contributed by atoms with E-state index in [9.17, 15) is 5.11 Å². The molecule has 1 aliphatic heterocycles. The fourth-order valence-electron chi connectivity index (χ4n) is 2.46. The number of fused-ring (bicyclic) bond motifs is 1. The van der Waals surface area contributed by atoms with Crippen LogP contribution in [0.15, 0.2) is 18.2 Å². The first-order chi connectivity index (χ1) is 7.86. The van der Waals surface area contributed by atoms with Crippen LogP contribution in [0.2, 0.25) is 0 Å². The van der Waals surface area contributed by atoms with Gasteiger partial charge in [0.1, 0.15) is 11.3 Å². The highest BCUT2D eigenvalue weighted by molar-refractivity contribution is 5.86. The summed E-state index contributed by atoms with van der Waals surface area (Å²) in [7, 11) is 0. The largest absolute Gasteiger partial charge is 0.506 e. The van der Waals surface area contributed by atoms with Crippen molar-refractivity contribution in [1.82, 2.24) is 15.5 Å². The van der Waals surface area contributed by atoms with Gasteiger partial charge in [-0.3, -0.25) is 5.10 Å². The number of phenols is 1. The molecule has 1 saturated heterocycles. The van der Waals surface area contributed by atoms with Gasteiger partial charge in [0, 0.05) is 17.0 Å². The van der Waals surface area contributed by atoms with Gasteiger partial charge in [0.05, 0.1) is 0 Å². The molecule has 16 heavy (non-hydrogen) atoms. The van der Waals surface area contributed by atoms with Gasteiger partial charge < -0.3 is 10.4 Å². The summed E-state index contributed by atoms with van der Waals surface area (Å²) in [6.07, 6.45) is 2.26. The molecule has 0 saturated carbocycles. The van der Waals surface area contributed by atoms with Crippen LogP contribution in [0.3, 0.4) is 0 Å². The van der Waals surface area contributed by atoms with Crippen molar-refractivity contribution < 1.29 is 5.11 Å². The summed E-state index contributed by atoms with van der Waals surface area (Å²) in [6.45, 7) is 2.12. The van der Waals surface area contributed by atoms with E-state index in [0.29, 0.717) is 11.4 Å². The van der Waals surface area contributed by atoms with E-state index in [4.69, 9.17) is 0 Å². The summed E-state index contributed by atoms with van der Waals surface area (Å²) < 4.78 is 0. The lowest BCUT2D eigenvalue weighted by atomic mass is 9.92. The van der Waals surface area contributed by atoms with Crippen molar-refractivity contribution in [3.63, 3.8) is 0 Å². The molecule has 3 rings (SSSR count). The van der Waals surface area contributed by atoms with Crippen LogP contribution in [0.25, 0.3) is 10.9 Å². The number of phenolic OH excluding ortho intramolecular Hbond substituents is 1. The molecule has 1 fully saturated rings. The predicted octanol–water partition coefficient (Wildman–Crippen LogP) is 1.74. The number of benzene rings is 1. The molecule has 0 amide bonds. The molecule has 0 unspecified atom stereocenters. The van der Waals surface area contributed by atoms with E-state index >= 15 is 0 Å². The molecule has 2 aromatic rings. The molecule has 0 radical (unpaired) electrons.